The van der Waals surface area contributed by atoms with Gasteiger partial charge in [0.2, 0.25) is 11.5 Å². The fourth-order valence-electron chi connectivity index (χ4n) is 1.68. The molecule has 0 aromatic heterocycles. The molecule has 6 nitrogen and oxygen atoms in total. The van der Waals surface area contributed by atoms with Gasteiger partial charge in [-0.3, -0.25) is 14.9 Å². The van der Waals surface area contributed by atoms with Gasteiger partial charge in [-0.25, -0.2) is 0 Å². The molecule has 2 aromatic carbocycles. The summed E-state index contributed by atoms with van der Waals surface area (Å²) in [5.41, 5.74) is 0.513. The van der Waals surface area contributed by atoms with E-state index < -0.39 is 4.92 Å². The Balaban J connectivity index is 2.24. The first-order valence-electron chi connectivity index (χ1n) is 5.77. The molecule has 0 bridgehead atoms. The van der Waals surface area contributed by atoms with Crippen LogP contribution in [0.5, 0.6) is 11.5 Å². The summed E-state index contributed by atoms with van der Waals surface area (Å²) in [4.78, 5) is 20.8. The molecule has 0 atom stereocenters. The highest BCUT2D eigenvalue weighted by molar-refractivity contribution is 5.61. The lowest BCUT2D eigenvalue weighted by molar-refractivity contribution is -0.386. The molecule has 0 fully saturated rings. The van der Waals surface area contributed by atoms with Crippen molar-refractivity contribution in [1.29, 1.82) is 0 Å². The summed E-state index contributed by atoms with van der Waals surface area (Å²) in [7, 11) is 0. The van der Waals surface area contributed by atoms with Gasteiger partial charge >= 0.3 is 5.69 Å². The molecular weight excluding hydrogens is 262 g/mol. The summed E-state index contributed by atoms with van der Waals surface area (Å²) in [6, 6.07) is 13.6. The van der Waals surface area contributed by atoms with Crippen molar-refractivity contribution < 1.29 is 19.2 Å². The molecule has 2 rings (SSSR count). The van der Waals surface area contributed by atoms with Crippen LogP contribution >= 0.6 is 0 Å². The van der Waals surface area contributed by atoms with E-state index >= 15 is 0 Å². The SMILES string of the molecule is O=COc1cccc(OCc2ccccc2)c1[N+](=O)[O-]. The van der Waals surface area contributed by atoms with Crippen molar-refractivity contribution in [2.45, 2.75) is 6.61 Å². The molecule has 6 heteroatoms. The number of carbonyl (C=O) groups excluding carboxylic acids is 1. The molecule has 0 heterocycles. The molecule has 2 aromatic rings. The van der Waals surface area contributed by atoms with Crippen LogP contribution in [0.15, 0.2) is 48.5 Å². The fraction of sp³-hybridized carbons (Fsp3) is 0.0714. The predicted octanol–water partition coefficient (Wildman–Crippen LogP) is 2.71. The Kier molecular flexibility index (Phi) is 4.28. The van der Waals surface area contributed by atoms with Gasteiger partial charge in [0.1, 0.15) is 6.61 Å². The van der Waals surface area contributed by atoms with Gasteiger partial charge in [0.05, 0.1) is 4.92 Å². The minimum atomic E-state index is -0.640. The minimum Gasteiger partial charge on any atom is -0.482 e. The molecule has 0 unspecified atom stereocenters. The first kappa shape index (κ1) is 13.5. The zero-order chi connectivity index (χ0) is 14.4. The summed E-state index contributed by atoms with van der Waals surface area (Å²) in [6.45, 7) is 0.329. The van der Waals surface area contributed by atoms with Crippen molar-refractivity contribution in [2.24, 2.45) is 0 Å². The van der Waals surface area contributed by atoms with Crippen molar-refractivity contribution >= 4 is 12.2 Å². The Bertz CT molecular complexity index is 612. The normalized spacial score (nSPS) is 9.80. The van der Waals surface area contributed by atoms with E-state index in [2.05, 4.69) is 4.74 Å². The van der Waals surface area contributed by atoms with Crippen LogP contribution in [0.2, 0.25) is 0 Å². The van der Waals surface area contributed by atoms with Crippen LogP contribution in [-0.4, -0.2) is 11.4 Å². The Morgan fingerprint density at radius 3 is 2.40 bits per heavy atom. The van der Waals surface area contributed by atoms with Crippen LogP contribution in [0.25, 0.3) is 0 Å². The topological polar surface area (TPSA) is 78.7 Å². The molecule has 0 saturated heterocycles. The molecule has 20 heavy (non-hydrogen) atoms. The predicted molar refractivity (Wildman–Crippen MR) is 70.6 cm³/mol. The van der Waals surface area contributed by atoms with E-state index in [-0.39, 0.29) is 30.3 Å². The van der Waals surface area contributed by atoms with Gasteiger partial charge in [0.15, 0.2) is 0 Å². The average Bonchev–Trinajstić information content (AvgIpc) is 2.46. The quantitative estimate of drug-likeness (QED) is 0.459. The average molecular weight is 273 g/mol. The van der Waals surface area contributed by atoms with Crippen molar-refractivity contribution in [2.75, 3.05) is 0 Å². The number of carbonyl (C=O) groups is 1. The maximum Gasteiger partial charge on any atom is 0.353 e. The third-order valence-corrected chi connectivity index (χ3v) is 2.56. The first-order valence-corrected chi connectivity index (χ1v) is 5.77. The molecule has 0 spiro atoms. The summed E-state index contributed by atoms with van der Waals surface area (Å²) in [5.74, 6) is -0.0891. The van der Waals surface area contributed by atoms with Gasteiger partial charge in [-0.2, -0.15) is 0 Å². The van der Waals surface area contributed by atoms with Gasteiger partial charge < -0.3 is 9.47 Å². The standard InChI is InChI=1S/C14H11NO5/c16-10-20-13-8-4-7-12(14(13)15(17)18)19-9-11-5-2-1-3-6-11/h1-8,10H,9H2. The Morgan fingerprint density at radius 2 is 1.75 bits per heavy atom. The van der Waals surface area contributed by atoms with Crippen LogP contribution < -0.4 is 9.47 Å². The highest BCUT2D eigenvalue weighted by Crippen LogP contribution is 2.36. The molecule has 0 N–H and O–H groups in total. The summed E-state index contributed by atoms with van der Waals surface area (Å²) < 4.78 is 10.0. The highest BCUT2D eigenvalue weighted by Gasteiger charge is 2.22. The number of benzene rings is 2. The third-order valence-electron chi connectivity index (χ3n) is 2.56. The number of hydrogen-bond acceptors (Lipinski definition) is 5. The molecule has 102 valence electrons. The highest BCUT2D eigenvalue weighted by atomic mass is 16.6. The van der Waals surface area contributed by atoms with Crippen molar-refractivity contribution in [1.82, 2.24) is 0 Å². The largest absolute Gasteiger partial charge is 0.482 e. The van der Waals surface area contributed by atoms with Gasteiger partial charge in [-0.15, -0.1) is 0 Å². The maximum absolute atomic E-state index is 11.1. The lowest BCUT2D eigenvalue weighted by atomic mass is 10.2. The van der Waals surface area contributed by atoms with Gasteiger partial charge in [-0.1, -0.05) is 36.4 Å². The molecule has 0 saturated carbocycles. The first-order chi connectivity index (χ1) is 9.72. The smallest absolute Gasteiger partial charge is 0.353 e. The number of ether oxygens (including phenoxy) is 2. The summed E-state index contributed by atoms with van der Waals surface area (Å²) in [6.07, 6.45) is 0. The van der Waals surface area contributed by atoms with E-state index in [9.17, 15) is 14.9 Å². The summed E-state index contributed by atoms with van der Waals surface area (Å²) >= 11 is 0. The minimum absolute atomic E-state index is 0.0539. The molecule has 0 aliphatic heterocycles. The monoisotopic (exact) mass is 273 g/mol. The molecule has 0 aliphatic rings. The Morgan fingerprint density at radius 1 is 1.05 bits per heavy atom. The van der Waals surface area contributed by atoms with E-state index in [1.165, 1.54) is 18.2 Å². The number of rotatable bonds is 6. The van der Waals surface area contributed by atoms with E-state index in [1.807, 2.05) is 30.3 Å². The van der Waals surface area contributed by atoms with Crippen LogP contribution in [0.4, 0.5) is 5.69 Å². The van der Waals surface area contributed by atoms with E-state index in [0.717, 1.165) is 5.56 Å². The molecule has 0 aliphatic carbocycles. The lowest BCUT2D eigenvalue weighted by Gasteiger charge is -2.08. The molecular formula is C14H11NO5. The lowest BCUT2D eigenvalue weighted by Crippen LogP contribution is -2.01. The number of para-hydroxylation sites is 1. The van der Waals surface area contributed by atoms with Crippen LogP contribution in [0.3, 0.4) is 0 Å². The second-order valence-electron chi connectivity index (χ2n) is 3.85. The number of nitro groups is 1. The Labute approximate surface area is 114 Å². The van der Waals surface area contributed by atoms with Crippen LogP contribution in [-0.2, 0) is 11.4 Å². The van der Waals surface area contributed by atoms with E-state index in [0.29, 0.717) is 0 Å². The number of nitro benzene ring substituents is 1. The van der Waals surface area contributed by atoms with Crippen molar-refractivity contribution in [3.05, 3.63) is 64.2 Å². The van der Waals surface area contributed by atoms with Gasteiger partial charge in [0.25, 0.3) is 6.47 Å². The zero-order valence-electron chi connectivity index (χ0n) is 10.4. The third kappa shape index (κ3) is 3.11. The number of nitrogens with zero attached hydrogens (tertiary/aromatic N) is 1. The summed E-state index contributed by atoms with van der Waals surface area (Å²) in [5, 5.41) is 11.1. The fourth-order valence-corrected chi connectivity index (χ4v) is 1.68. The number of hydrogen-bond donors (Lipinski definition) is 0. The molecule has 0 radical (unpaired) electrons. The van der Waals surface area contributed by atoms with E-state index in [1.54, 1.807) is 0 Å². The Hall–Kier alpha value is -2.89. The van der Waals surface area contributed by atoms with E-state index in [4.69, 9.17) is 4.74 Å². The molecule has 0 amide bonds. The van der Waals surface area contributed by atoms with Crippen LogP contribution in [0, 0.1) is 10.1 Å². The second-order valence-corrected chi connectivity index (χ2v) is 3.85. The second kappa shape index (κ2) is 6.33. The zero-order valence-corrected chi connectivity index (χ0v) is 10.4. The van der Waals surface area contributed by atoms with Gasteiger partial charge in [0, 0.05) is 0 Å². The van der Waals surface area contributed by atoms with Crippen molar-refractivity contribution in [3.63, 3.8) is 0 Å². The van der Waals surface area contributed by atoms with Crippen LogP contribution in [0.1, 0.15) is 5.56 Å². The van der Waals surface area contributed by atoms with Crippen molar-refractivity contribution in [3.8, 4) is 11.5 Å². The maximum atomic E-state index is 11.1. The van der Waals surface area contributed by atoms with Gasteiger partial charge in [-0.05, 0) is 17.7 Å².